The molecule has 0 aliphatic heterocycles. The lowest BCUT2D eigenvalue weighted by Gasteiger charge is -2.39. The van der Waals surface area contributed by atoms with Gasteiger partial charge in [-0.15, -0.1) is 11.3 Å². The van der Waals surface area contributed by atoms with E-state index in [1.165, 1.54) is 41.8 Å². The summed E-state index contributed by atoms with van der Waals surface area (Å²) in [6, 6.07) is 21.5. The first kappa shape index (κ1) is 18.1. The fourth-order valence-electron chi connectivity index (χ4n) is 4.35. The molecule has 2 aliphatic carbocycles. The number of nitrogens with zero attached hydrogens (tertiary/aromatic N) is 1. The van der Waals surface area contributed by atoms with Crippen LogP contribution in [0.1, 0.15) is 55.0 Å². The van der Waals surface area contributed by atoms with Crippen LogP contribution in [0.3, 0.4) is 0 Å². The topological polar surface area (TPSA) is 22.1 Å². The Bertz CT molecular complexity index is 893. The van der Waals surface area contributed by atoms with Crippen LogP contribution in [0.2, 0.25) is 0 Å². The van der Waals surface area contributed by atoms with E-state index < -0.39 is 0 Å². The molecule has 0 N–H and O–H groups in total. The minimum absolute atomic E-state index is 0.189. The van der Waals surface area contributed by atoms with E-state index in [0.29, 0.717) is 5.92 Å². The molecule has 28 heavy (non-hydrogen) atoms. The summed E-state index contributed by atoms with van der Waals surface area (Å²) < 4.78 is 6.66. The highest BCUT2D eigenvalue weighted by molar-refractivity contribution is 7.10. The van der Waals surface area contributed by atoms with Gasteiger partial charge in [0.25, 0.3) is 0 Å². The Kier molecular flexibility index (Phi) is 5.04. The van der Waals surface area contributed by atoms with Crippen molar-refractivity contribution in [1.29, 1.82) is 0 Å². The predicted octanol–water partition coefficient (Wildman–Crippen LogP) is 6.79. The zero-order chi connectivity index (χ0) is 18.8. The summed E-state index contributed by atoms with van der Waals surface area (Å²) in [5.74, 6) is 1.42. The molecular weight excluding hydrogens is 362 g/mol. The van der Waals surface area contributed by atoms with Crippen molar-refractivity contribution in [3.8, 4) is 11.3 Å². The van der Waals surface area contributed by atoms with Gasteiger partial charge in [0.2, 0.25) is 0 Å². The van der Waals surface area contributed by atoms with E-state index in [4.69, 9.17) is 9.72 Å². The Morgan fingerprint density at radius 2 is 1.57 bits per heavy atom. The van der Waals surface area contributed by atoms with Gasteiger partial charge < -0.3 is 4.74 Å². The zero-order valence-electron chi connectivity index (χ0n) is 16.2. The van der Waals surface area contributed by atoms with Crippen LogP contribution in [0.25, 0.3) is 11.3 Å². The first-order valence-corrected chi connectivity index (χ1v) is 11.4. The highest BCUT2D eigenvalue weighted by atomic mass is 32.1. The third kappa shape index (κ3) is 3.78. The van der Waals surface area contributed by atoms with Crippen LogP contribution in [0.15, 0.2) is 66.0 Å². The number of rotatable bonds is 6. The number of thiazole rings is 1. The summed E-state index contributed by atoms with van der Waals surface area (Å²) in [5, 5.41) is 3.38. The molecule has 0 radical (unpaired) electrons. The van der Waals surface area contributed by atoms with Crippen LogP contribution in [0.4, 0.5) is 0 Å². The number of ether oxygens (including phenoxy) is 1. The van der Waals surface area contributed by atoms with Crippen LogP contribution in [-0.2, 0) is 10.3 Å². The Balaban J connectivity index is 1.38. The molecule has 2 aliphatic rings. The van der Waals surface area contributed by atoms with E-state index >= 15 is 0 Å². The van der Waals surface area contributed by atoms with Gasteiger partial charge in [-0.2, -0.15) is 0 Å². The van der Waals surface area contributed by atoms with Crippen molar-refractivity contribution in [3.05, 3.63) is 76.6 Å². The maximum Gasteiger partial charge on any atom is 0.125 e. The van der Waals surface area contributed by atoms with Gasteiger partial charge in [-0.3, -0.25) is 0 Å². The Hall–Kier alpha value is -1.97. The number of hydrogen-bond donors (Lipinski definition) is 0. The van der Waals surface area contributed by atoms with E-state index in [9.17, 15) is 0 Å². The molecule has 0 amide bonds. The molecule has 3 aromatic rings. The van der Waals surface area contributed by atoms with Crippen LogP contribution in [0.5, 0.6) is 0 Å². The maximum absolute atomic E-state index is 6.66. The van der Waals surface area contributed by atoms with Gasteiger partial charge in [-0.1, -0.05) is 60.7 Å². The minimum atomic E-state index is -0.189. The summed E-state index contributed by atoms with van der Waals surface area (Å²) in [6.07, 6.45) is 7.15. The van der Waals surface area contributed by atoms with E-state index in [2.05, 4.69) is 66.0 Å². The molecule has 0 unspecified atom stereocenters. The summed E-state index contributed by atoms with van der Waals surface area (Å²) in [4.78, 5) is 5.07. The van der Waals surface area contributed by atoms with Crippen LogP contribution < -0.4 is 0 Å². The summed E-state index contributed by atoms with van der Waals surface area (Å²) in [5.41, 5.74) is 3.56. The van der Waals surface area contributed by atoms with Gasteiger partial charge in [-0.05, 0) is 55.9 Å². The van der Waals surface area contributed by atoms with Crippen LogP contribution in [0, 0.1) is 5.92 Å². The lowest BCUT2D eigenvalue weighted by atomic mass is 9.76. The molecule has 5 rings (SSSR count). The largest absolute Gasteiger partial charge is 0.368 e. The number of hydrogen-bond acceptors (Lipinski definition) is 3. The van der Waals surface area contributed by atoms with Crippen molar-refractivity contribution < 1.29 is 4.74 Å². The van der Waals surface area contributed by atoms with E-state index in [1.807, 2.05) is 0 Å². The molecule has 0 bridgehead atoms. The standard InChI is InChI=1S/C25H27NOS/c1-3-7-20(8-4-1)21-13-15-25(16-14-21,27-17-19-11-12-19)24-26-23(18-28-24)22-9-5-2-6-10-22/h1-10,18-19,21H,11-17H2. The second kappa shape index (κ2) is 7.81. The van der Waals surface area contributed by atoms with Gasteiger partial charge in [0.05, 0.1) is 12.3 Å². The second-order valence-corrected chi connectivity index (χ2v) is 9.20. The summed E-state index contributed by atoms with van der Waals surface area (Å²) in [6.45, 7) is 0.899. The minimum Gasteiger partial charge on any atom is -0.368 e. The van der Waals surface area contributed by atoms with Crippen molar-refractivity contribution in [2.24, 2.45) is 5.92 Å². The lowest BCUT2D eigenvalue weighted by Crippen LogP contribution is -2.35. The molecule has 0 spiro atoms. The van der Waals surface area contributed by atoms with Crippen molar-refractivity contribution in [1.82, 2.24) is 4.98 Å². The normalized spacial score (nSPS) is 24.9. The van der Waals surface area contributed by atoms with Crippen LogP contribution >= 0.6 is 11.3 Å². The van der Waals surface area contributed by atoms with E-state index in [1.54, 1.807) is 11.3 Å². The quantitative estimate of drug-likeness (QED) is 0.463. The highest BCUT2D eigenvalue weighted by Crippen LogP contribution is 2.48. The molecule has 2 saturated carbocycles. The SMILES string of the molecule is c1ccc(-c2csc(C3(OCC4CC4)CCC(c4ccccc4)CC3)n2)cc1. The maximum atomic E-state index is 6.66. The van der Waals surface area contributed by atoms with Gasteiger partial charge >= 0.3 is 0 Å². The third-order valence-corrected chi connectivity index (χ3v) is 7.35. The fraction of sp³-hybridized carbons (Fsp3) is 0.400. The third-order valence-electron chi connectivity index (χ3n) is 6.32. The molecule has 1 aromatic heterocycles. The predicted molar refractivity (Wildman–Crippen MR) is 116 cm³/mol. The summed E-state index contributed by atoms with van der Waals surface area (Å²) >= 11 is 1.78. The van der Waals surface area contributed by atoms with Gasteiger partial charge in [0.1, 0.15) is 10.6 Å². The molecule has 1 heterocycles. The Labute approximate surface area is 171 Å². The Morgan fingerprint density at radius 1 is 0.893 bits per heavy atom. The van der Waals surface area contributed by atoms with E-state index in [0.717, 1.165) is 31.1 Å². The average Bonchev–Trinajstić information content (AvgIpc) is 3.47. The molecule has 144 valence electrons. The molecular formula is C25H27NOS. The molecule has 2 fully saturated rings. The zero-order valence-corrected chi connectivity index (χ0v) is 17.0. The van der Waals surface area contributed by atoms with Crippen molar-refractivity contribution in [3.63, 3.8) is 0 Å². The lowest BCUT2D eigenvalue weighted by molar-refractivity contribution is -0.0833. The first-order chi connectivity index (χ1) is 13.8. The van der Waals surface area contributed by atoms with Crippen molar-refractivity contribution >= 4 is 11.3 Å². The van der Waals surface area contributed by atoms with Crippen molar-refractivity contribution in [2.75, 3.05) is 6.61 Å². The molecule has 0 saturated heterocycles. The molecule has 0 atom stereocenters. The van der Waals surface area contributed by atoms with Gasteiger partial charge in [0, 0.05) is 10.9 Å². The average molecular weight is 390 g/mol. The summed E-state index contributed by atoms with van der Waals surface area (Å²) in [7, 11) is 0. The molecule has 2 aromatic carbocycles. The van der Waals surface area contributed by atoms with Gasteiger partial charge in [0.15, 0.2) is 0 Å². The number of benzene rings is 2. The smallest absolute Gasteiger partial charge is 0.125 e. The first-order valence-electron chi connectivity index (χ1n) is 10.5. The van der Waals surface area contributed by atoms with Crippen LogP contribution in [-0.4, -0.2) is 11.6 Å². The van der Waals surface area contributed by atoms with Crippen molar-refractivity contribution in [2.45, 2.75) is 50.0 Å². The monoisotopic (exact) mass is 389 g/mol. The number of aromatic nitrogens is 1. The van der Waals surface area contributed by atoms with Gasteiger partial charge in [-0.25, -0.2) is 4.98 Å². The molecule has 3 heteroatoms. The molecule has 2 nitrogen and oxygen atoms in total. The Morgan fingerprint density at radius 3 is 2.25 bits per heavy atom. The fourth-order valence-corrected chi connectivity index (χ4v) is 5.39. The van der Waals surface area contributed by atoms with E-state index in [-0.39, 0.29) is 5.60 Å². The second-order valence-electron chi connectivity index (χ2n) is 8.34. The highest BCUT2D eigenvalue weighted by Gasteiger charge is 2.42.